The monoisotopic (exact) mass is 327 g/mol. The average Bonchev–Trinajstić information content (AvgIpc) is 3.10. The van der Waals surface area contributed by atoms with Crippen molar-refractivity contribution in [1.82, 2.24) is 14.9 Å². The number of amides is 1. The molecule has 2 aromatic rings. The Labute approximate surface area is 139 Å². The molecule has 2 aliphatic heterocycles. The Balaban J connectivity index is 1.36. The van der Waals surface area contributed by atoms with Crippen molar-refractivity contribution >= 4 is 5.91 Å². The normalized spacial score (nSPS) is 22.2. The standard InChI is InChI=1S/C17H17N3O4/c21-17(15-11-22-13-3-1-2-4-14(13)24-15)20-8-5-12(10-20)23-16-9-18-6-7-19-16/h1-4,6-7,9,12,15H,5,8,10-11H2/t12-,15-/m1/s1. The van der Waals surface area contributed by atoms with E-state index in [1.807, 2.05) is 18.2 Å². The molecule has 3 heterocycles. The highest BCUT2D eigenvalue weighted by Gasteiger charge is 2.35. The van der Waals surface area contributed by atoms with Gasteiger partial charge >= 0.3 is 0 Å². The van der Waals surface area contributed by atoms with Crippen molar-refractivity contribution in [2.45, 2.75) is 18.6 Å². The Morgan fingerprint density at radius 3 is 2.96 bits per heavy atom. The zero-order valence-electron chi connectivity index (χ0n) is 13.0. The van der Waals surface area contributed by atoms with Crippen LogP contribution in [0.25, 0.3) is 0 Å². The minimum absolute atomic E-state index is 0.0743. The molecule has 1 aromatic carbocycles. The maximum absolute atomic E-state index is 12.6. The minimum Gasteiger partial charge on any atom is -0.485 e. The van der Waals surface area contributed by atoms with Gasteiger partial charge in [0.1, 0.15) is 12.7 Å². The molecule has 1 amide bonds. The van der Waals surface area contributed by atoms with Gasteiger partial charge in [0, 0.05) is 25.4 Å². The number of likely N-dealkylation sites (tertiary alicyclic amines) is 1. The second-order valence-corrected chi connectivity index (χ2v) is 5.72. The molecule has 0 aliphatic carbocycles. The highest BCUT2D eigenvalue weighted by molar-refractivity contribution is 5.82. The van der Waals surface area contributed by atoms with Crippen molar-refractivity contribution in [3.8, 4) is 17.4 Å². The third-order valence-corrected chi connectivity index (χ3v) is 4.07. The van der Waals surface area contributed by atoms with Gasteiger partial charge in [-0.1, -0.05) is 12.1 Å². The van der Waals surface area contributed by atoms with Gasteiger partial charge in [-0.05, 0) is 12.1 Å². The molecule has 0 saturated carbocycles. The summed E-state index contributed by atoms with van der Waals surface area (Å²) in [6.07, 6.45) is 4.80. The third-order valence-electron chi connectivity index (χ3n) is 4.07. The summed E-state index contributed by atoms with van der Waals surface area (Å²) in [4.78, 5) is 22.5. The van der Waals surface area contributed by atoms with E-state index >= 15 is 0 Å². The Bertz CT molecular complexity index is 725. The summed E-state index contributed by atoms with van der Waals surface area (Å²) in [5, 5.41) is 0. The zero-order chi connectivity index (χ0) is 16.4. The van der Waals surface area contributed by atoms with Crippen molar-refractivity contribution < 1.29 is 19.0 Å². The zero-order valence-corrected chi connectivity index (χ0v) is 13.0. The van der Waals surface area contributed by atoms with E-state index in [1.54, 1.807) is 29.6 Å². The number of hydrogen-bond donors (Lipinski definition) is 0. The first kappa shape index (κ1) is 14.7. The molecule has 7 nitrogen and oxygen atoms in total. The molecule has 1 fully saturated rings. The van der Waals surface area contributed by atoms with Crippen molar-refractivity contribution in [2.24, 2.45) is 0 Å². The van der Waals surface area contributed by atoms with E-state index in [0.717, 1.165) is 6.42 Å². The second kappa shape index (κ2) is 6.35. The Morgan fingerprint density at radius 2 is 2.12 bits per heavy atom. The van der Waals surface area contributed by atoms with E-state index < -0.39 is 6.10 Å². The first-order valence-electron chi connectivity index (χ1n) is 7.89. The highest BCUT2D eigenvalue weighted by atomic mass is 16.6. The van der Waals surface area contributed by atoms with E-state index in [0.29, 0.717) is 30.5 Å². The van der Waals surface area contributed by atoms with Crippen molar-refractivity contribution in [1.29, 1.82) is 0 Å². The smallest absolute Gasteiger partial charge is 0.267 e. The maximum Gasteiger partial charge on any atom is 0.267 e. The van der Waals surface area contributed by atoms with Gasteiger partial charge in [0.25, 0.3) is 5.91 Å². The van der Waals surface area contributed by atoms with Crippen molar-refractivity contribution in [3.63, 3.8) is 0 Å². The van der Waals surface area contributed by atoms with E-state index in [1.165, 1.54) is 0 Å². The Kier molecular flexibility index (Phi) is 3.90. The molecule has 24 heavy (non-hydrogen) atoms. The summed E-state index contributed by atoms with van der Waals surface area (Å²) < 4.78 is 17.2. The molecular formula is C17H17N3O4. The summed E-state index contributed by atoms with van der Waals surface area (Å²) in [5.41, 5.74) is 0. The predicted octanol–water partition coefficient (Wildman–Crippen LogP) is 1.30. The molecule has 1 saturated heterocycles. The number of carbonyl (C=O) groups excluding carboxylic acids is 1. The predicted molar refractivity (Wildman–Crippen MR) is 84.0 cm³/mol. The molecule has 124 valence electrons. The minimum atomic E-state index is -0.616. The van der Waals surface area contributed by atoms with E-state index in [2.05, 4.69) is 9.97 Å². The Hall–Kier alpha value is -2.83. The van der Waals surface area contributed by atoms with Gasteiger partial charge in [0.2, 0.25) is 12.0 Å². The molecule has 1 aromatic heterocycles. The summed E-state index contributed by atoms with van der Waals surface area (Å²) >= 11 is 0. The summed E-state index contributed by atoms with van der Waals surface area (Å²) in [6, 6.07) is 7.37. The number of aromatic nitrogens is 2. The molecular weight excluding hydrogens is 310 g/mol. The van der Waals surface area contributed by atoms with Gasteiger partial charge in [-0.3, -0.25) is 9.78 Å². The molecule has 2 atom stereocenters. The molecule has 7 heteroatoms. The fourth-order valence-corrected chi connectivity index (χ4v) is 2.89. The van der Waals surface area contributed by atoms with E-state index in [-0.39, 0.29) is 18.6 Å². The lowest BCUT2D eigenvalue weighted by atomic mass is 10.2. The largest absolute Gasteiger partial charge is 0.485 e. The number of benzene rings is 1. The van der Waals surface area contributed by atoms with Gasteiger partial charge in [-0.2, -0.15) is 0 Å². The number of hydrogen-bond acceptors (Lipinski definition) is 6. The quantitative estimate of drug-likeness (QED) is 0.846. The number of rotatable bonds is 3. The van der Waals surface area contributed by atoms with Crippen LogP contribution in [-0.2, 0) is 4.79 Å². The van der Waals surface area contributed by atoms with Crippen LogP contribution in [-0.4, -0.2) is 52.7 Å². The van der Waals surface area contributed by atoms with Crippen molar-refractivity contribution in [2.75, 3.05) is 19.7 Å². The lowest BCUT2D eigenvalue weighted by Gasteiger charge is -2.28. The molecule has 0 radical (unpaired) electrons. The van der Waals surface area contributed by atoms with E-state index in [4.69, 9.17) is 14.2 Å². The van der Waals surface area contributed by atoms with Crippen LogP contribution < -0.4 is 14.2 Å². The molecule has 0 unspecified atom stereocenters. The SMILES string of the molecule is O=C([C@H]1COc2ccccc2O1)N1CC[C@@H](Oc2cnccn2)C1. The number of fused-ring (bicyclic) bond motifs is 1. The first-order chi connectivity index (χ1) is 11.8. The number of ether oxygens (including phenoxy) is 3. The first-order valence-corrected chi connectivity index (χ1v) is 7.89. The summed E-state index contributed by atoms with van der Waals surface area (Å²) in [7, 11) is 0. The van der Waals surface area contributed by atoms with Crippen LogP contribution in [0.1, 0.15) is 6.42 Å². The lowest BCUT2D eigenvalue weighted by Crippen LogP contribution is -2.46. The van der Waals surface area contributed by atoms with Crippen LogP contribution in [0, 0.1) is 0 Å². The molecule has 0 spiro atoms. The maximum atomic E-state index is 12.6. The average molecular weight is 327 g/mol. The topological polar surface area (TPSA) is 73.8 Å². The molecule has 0 bridgehead atoms. The molecule has 2 aliphatic rings. The fraction of sp³-hybridized carbons (Fsp3) is 0.353. The van der Waals surface area contributed by atoms with Crippen molar-refractivity contribution in [3.05, 3.63) is 42.9 Å². The van der Waals surface area contributed by atoms with Gasteiger partial charge in [-0.15, -0.1) is 0 Å². The van der Waals surface area contributed by atoms with Gasteiger partial charge in [0.15, 0.2) is 11.5 Å². The highest BCUT2D eigenvalue weighted by Crippen LogP contribution is 2.31. The van der Waals surface area contributed by atoms with Gasteiger partial charge in [0.05, 0.1) is 12.7 Å². The van der Waals surface area contributed by atoms with E-state index in [9.17, 15) is 4.79 Å². The van der Waals surface area contributed by atoms with Crippen LogP contribution in [0.2, 0.25) is 0 Å². The third kappa shape index (κ3) is 2.97. The number of para-hydroxylation sites is 2. The van der Waals surface area contributed by atoms with Crippen LogP contribution in [0.15, 0.2) is 42.9 Å². The van der Waals surface area contributed by atoms with Gasteiger partial charge < -0.3 is 19.1 Å². The van der Waals surface area contributed by atoms with Crippen LogP contribution >= 0.6 is 0 Å². The molecule has 0 N–H and O–H groups in total. The number of nitrogens with zero attached hydrogens (tertiary/aromatic N) is 3. The number of carbonyl (C=O) groups is 1. The van der Waals surface area contributed by atoms with Crippen LogP contribution in [0.4, 0.5) is 0 Å². The summed E-state index contributed by atoms with van der Waals surface area (Å²) in [6.45, 7) is 1.37. The Morgan fingerprint density at radius 1 is 1.25 bits per heavy atom. The lowest BCUT2D eigenvalue weighted by molar-refractivity contribution is -0.140. The van der Waals surface area contributed by atoms with Crippen LogP contribution in [0.3, 0.4) is 0 Å². The fourth-order valence-electron chi connectivity index (χ4n) is 2.89. The second-order valence-electron chi connectivity index (χ2n) is 5.72. The molecule has 4 rings (SSSR count). The summed E-state index contributed by atoms with van der Waals surface area (Å²) in [5.74, 6) is 1.68. The van der Waals surface area contributed by atoms with Crippen LogP contribution in [0.5, 0.6) is 17.4 Å². The van der Waals surface area contributed by atoms with Gasteiger partial charge in [-0.25, -0.2) is 4.98 Å².